The number of carbonyl (C=O) groups excluding carboxylic acids is 3. The smallest absolute Gasteiger partial charge is 0.234 e. The van der Waals surface area contributed by atoms with Crippen LogP contribution in [0.4, 0.5) is 10.1 Å². The Hall–Kier alpha value is -2.52. The third kappa shape index (κ3) is 6.01. The second kappa shape index (κ2) is 10.7. The summed E-state index contributed by atoms with van der Waals surface area (Å²) in [6.07, 6.45) is 0.865. The molecule has 2 heterocycles. The van der Waals surface area contributed by atoms with Crippen LogP contribution >= 0.6 is 0 Å². The number of hydrogen-bond donors (Lipinski definition) is 1. The first kappa shape index (κ1) is 23.1. The van der Waals surface area contributed by atoms with Gasteiger partial charge in [-0.2, -0.15) is 0 Å². The van der Waals surface area contributed by atoms with Crippen LogP contribution in [0.15, 0.2) is 18.2 Å². The van der Waals surface area contributed by atoms with Crippen molar-refractivity contribution in [3.05, 3.63) is 29.6 Å². The van der Waals surface area contributed by atoms with Crippen LogP contribution < -0.4 is 10.2 Å². The molecule has 1 N–H and O–H groups in total. The maximum absolute atomic E-state index is 14.3. The first-order valence-electron chi connectivity index (χ1n) is 10.7. The van der Waals surface area contributed by atoms with Crippen LogP contribution in [0.2, 0.25) is 0 Å². The molecule has 0 spiro atoms. The minimum atomic E-state index is -0.469. The fraction of sp³-hybridized carbons (Fsp3) is 0.591. The molecule has 0 saturated carbocycles. The predicted molar refractivity (Wildman–Crippen MR) is 114 cm³/mol. The minimum absolute atomic E-state index is 0.0342. The second-order valence-electron chi connectivity index (χ2n) is 8.16. The Morgan fingerprint density at radius 2 is 1.97 bits per heavy atom. The van der Waals surface area contributed by atoms with E-state index in [4.69, 9.17) is 4.74 Å². The number of methoxy groups -OCH3 is 1. The van der Waals surface area contributed by atoms with Crippen LogP contribution in [0, 0.1) is 18.7 Å². The fourth-order valence-corrected chi connectivity index (χ4v) is 4.02. The molecule has 2 saturated heterocycles. The van der Waals surface area contributed by atoms with Gasteiger partial charge in [0.2, 0.25) is 17.7 Å². The van der Waals surface area contributed by atoms with Gasteiger partial charge in [-0.25, -0.2) is 4.39 Å². The summed E-state index contributed by atoms with van der Waals surface area (Å²) in [6.45, 7) is 5.72. The standard InChI is InChI=1S/C22H31FN4O4/c1-16-4-5-19(18(23)12-16)27-14-17(13-21(27)29)22(30)26-9-7-25(8-10-26)15-20(28)24-6-3-11-31-2/h4-5,12,17H,3,6-11,13-15H2,1-2H3,(H,24,28). The van der Waals surface area contributed by atoms with E-state index in [-0.39, 0.29) is 36.4 Å². The van der Waals surface area contributed by atoms with Crippen LogP contribution in [-0.2, 0) is 19.1 Å². The first-order valence-corrected chi connectivity index (χ1v) is 10.7. The highest BCUT2D eigenvalue weighted by Crippen LogP contribution is 2.29. The molecule has 2 fully saturated rings. The average molecular weight is 435 g/mol. The molecule has 8 nitrogen and oxygen atoms in total. The zero-order valence-electron chi connectivity index (χ0n) is 18.2. The number of hydrogen-bond acceptors (Lipinski definition) is 5. The summed E-state index contributed by atoms with van der Waals surface area (Å²) < 4.78 is 19.2. The molecular weight excluding hydrogens is 403 g/mol. The third-order valence-corrected chi connectivity index (χ3v) is 5.77. The molecule has 1 aromatic rings. The predicted octanol–water partition coefficient (Wildman–Crippen LogP) is 0.784. The van der Waals surface area contributed by atoms with E-state index in [1.54, 1.807) is 31.1 Å². The third-order valence-electron chi connectivity index (χ3n) is 5.77. The second-order valence-corrected chi connectivity index (χ2v) is 8.16. The Kier molecular flexibility index (Phi) is 7.97. The van der Waals surface area contributed by atoms with E-state index in [9.17, 15) is 18.8 Å². The van der Waals surface area contributed by atoms with Crippen molar-refractivity contribution >= 4 is 23.4 Å². The summed E-state index contributed by atoms with van der Waals surface area (Å²) in [7, 11) is 1.63. The molecule has 1 aromatic carbocycles. The summed E-state index contributed by atoms with van der Waals surface area (Å²) in [5.41, 5.74) is 1.01. The number of amides is 3. The van der Waals surface area contributed by atoms with Crippen molar-refractivity contribution in [1.29, 1.82) is 0 Å². The fourth-order valence-electron chi connectivity index (χ4n) is 4.02. The SMILES string of the molecule is COCCCNC(=O)CN1CCN(C(=O)C2CC(=O)N(c3ccc(C)cc3F)C2)CC1. The number of nitrogens with one attached hydrogen (secondary N) is 1. The summed E-state index contributed by atoms with van der Waals surface area (Å²) in [5.74, 6) is -1.26. The Balaban J connectivity index is 1.46. The molecule has 0 radical (unpaired) electrons. The van der Waals surface area contributed by atoms with E-state index in [2.05, 4.69) is 5.32 Å². The maximum atomic E-state index is 14.3. The summed E-state index contributed by atoms with van der Waals surface area (Å²) in [5, 5.41) is 2.86. The number of nitrogens with zero attached hydrogens (tertiary/aromatic N) is 3. The number of carbonyl (C=O) groups is 3. The molecule has 170 valence electrons. The number of piperazine rings is 1. The highest BCUT2D eigenvalue weighted by Gasteiger charge is 2.38. The van der Waals surface area contributed by atoms with Gasteiger partial charge in [0.15, 0.2) is 0 Å². The number of halogens is 1. The van der Waals surface area contributed by atoms with Crippen molar-refractivity contribution in [1.82, 2.24) is 15.1 Å². The lowest BCUT2D eigenvalue weighted by molar-refractivity contribution is -0.137. The molecular formula is C22H31FN4O4. The Morgan fingerprint density at radius 1 is 1.23 bits per heavy atom. The van der Waals surface area contributed by atoms with Crippen molar-refractivity contribution in [2.75, 3.05) is 64.4 Å². The molecule has 2 aliphatic rings. The molecule has 3 amide bonds. The lowest BCUT2D eigenvalue weighted by atomic mass is 10.1. The van der Waals surface area contributed by atoms with Gasteiger partial charge in [0.05, 0.1) is 18.2 Å². The molecule has 0 aliphatic carbocycles. The van der Waals surface area contributed by atoms with Gasteiger partial charge in [0, 0.05) is 59.4 Å². The first-order chi connectivity index (χ1) is 14.9. The van der Waals surface area contributed by atoms with Crippen LogP contribution in [0.1, 0.15) is 18.4 Å². The molecule has 1 atom stereocenters. The van der Waals surface area contributed by atoms with Crippen LogP contribution in [0.5, 0.6) is 0 Å². The zero-order valence-corrected chi connectivity index (χ0v) is 18.2. The summed E-state index contributed by atoms with van der Waals surface area (Å²) in [6, 6.07) is 4.74. The lowest BCUT2D eigenvalue weighted by Gasteiger charge is -2.35. The van der Waals surface area contributed by atoms with Gasteiger partial charge in [-0.15, -0.1) is 0 Å². The van der Waals surface area contributed by atoms with Crippen molar-refractivity contribution in [2.24, 2.45) is 5.92 Å². The minimum Gasteiger partial charge on any atom is -0.385 e. The van der Waals surface area contributed by atoms with E-state index in [1.165, 1.54) is 11.0 Å². The van der Waals surface area contributed by atoms with E-state index in [0.29, 0.717) is 45.9 Å². The van der Waals surface area contributed by atoms with Crippen LogP contribution in [0.25, 0.3) is 0 Å². The van der Waals surface area contributed by atoms with Gasteiger partial charge < -0.3 is 19.9 Å². The van der Waals surface area contributed by atoms with Gasteiger partial charge in [0.25, 0.3) is 0 Å². The van der Waals surface area contributed by atoms with E-state index < -0.39 is 11.7 Å². The van der Waals surface area contributed by atoms with E-state index in [1.807, 2.05) is 4.90 Å². The molecule has 0 bridgehead atoms. The zero-order chi connectivity index (χ0) is 22.4. The van der Waals surface area contributed by atoms with Crippen molar-refractivity contribution in [3.8, 4) is 0 Å². The number of rotatable bonds is 8. The monoisotopic (exact) mass is 434 g/mol. The quantitative estimate of drug-likeness (QED) is 0.612. The summed E-state index contributed by atoms with van der Waals surface area (Å²) >= 11 is 0. The maximum Gasteiger partial charge on any atom is 0.234 e. The Bertz CT molecular complexity index is 811. The van der Waals surface area contributed by atoms with Gasteiger partial charge in [-0.3, -0.25) is 19.3 Å². The van der Waals surface area contributed by atoms with Gasteiger partial charge in [-0.1, -0.05) is 6.07 Å². The van der Waals surface area contributed by atoms with Crippen molar-refractivity contribution in [3.63, 3.8) is 0 Å². The lowest BCUT2D eigenvalue weighted by Crippen LogP contribution is -2.52. The Morgan fingerprint density at radius 3 is 2.65 bits per heavy atom. The average Bonchev–Trinajstić information content (AvgIpc) is 3.12. The summed E-state index contributed by atoms with van der Waals surface area (Å²) in [4.78, 5) is 42.5. The van der Waals surface area contributed by atoms with Gasteiger partial charge in [0.1, 0.15) is 5.82 Å². The molecule has 0 aromatic heterocycles. The van der Waals surface area contributed by atoms with Crippen molar-refractivity contribution in [2.45, 2.75) is 19.8 Å². The number of anilines is 1. The number of benzene rings is 1. The number of ether oxygens (including phenoxy) is 1. The highest BCUT2D eigenvalue weighted by atomic mass is 19.1. The largest absolute Gasteiger partial charge is 0.385 e. The van der Waals surface area contributed by atoms with Crippen LogP contribution in [0.3, 0.4) is 0 Å². The highest BCUT2D eigenvalue weighted by molar-refractivity contribution is 6.00. The molecule has 3 rings (SSSR count). The molecule has 1 unspecified atom stereocenters. The number of aryl methyl sites for hydroxylation is 1. The molecule has 31 heavy (non-hydrogen) atoms. The molecule has 9 heteroatoms. The van der Waals surface area contributed by atoms with Crippen molar-refractivity contribution < 1.29 is 23.5 Å². The van der Waals surface area contributed by atoms with Gasteiger partial charge >= 0.3 is 0 Å². The van der Waals surface area contributed by atoms with E-state index >= 15 is 0 Å². The topological polar surface area (TPSA) is 82.2 Å². The Labute approximate surface area is 182 Å². The van der Waals surface area contributed by atoms with Gasteiger partial charge in [-0.05, 0) is 31.0 Å². The molecule has 2 aliphatic heterocycles. The van der Waals surface area contributed by atoms with E-state index in [0.717, 1.165) is 12.0 Å². The van der Waals surface area contributed by atoms with Crippen LogP contribution in [-0.4, -0.2) is 87.1 Å². The normalized spacial score (nSPS) is 19.7.